The molecule has 2 aromatic heterocycles. The van der Waals surface area contributed by atoms with Gasteiger partial charge >= 0.3 is 5.97 Å². The second kappa shape index (κ2) is 5.02. The third kappa shape index (κ3) is 2.52. The molecule has 2 heterocycles. The molecule has 0 unspecified atom stereocenters. The van der Waals surface area contributed by atoms with Crippen LogP contribution in [0.25, 0.3) is 5.95 Å². The van der Waals surface area contributed by atoms with E-state index in [1.807, 2.05) is 0 Å². The molecular weight excluding hydrogens is 252 g/mol. The summed E-state index contributed by atoms with van der Waals surface area (Å²) in [5, 5.41) is 21.4. The molecule has 2 aromatic rings. The second-order valence-electron chi connectivity index (χ2n) is 3.88. The van der Waals surface area contributed by atoms with Crippen LogP contribution in [0.5, 0.6) is 0 Å². The Hall–Kier alpha value is -2.48. The highest BCUT2D eigenvalue weighted by Crippen LogP contribution is 2.04. The van der Waals surface area contributed by atoms with E-state index in [4.69, 9.17) is 10.2 Å². The summed E-state index contributed by atoms with van der Waals surface area (Å²) in [7, 11) is 0. The van der Waals surface area contributed by atoms with E-state index in [2.05, 4.69) is 15.1 Å². The normalized spacial score (nSPS) is 10.6. The first kappa shape index (κ1) is 13.0. The van der Waals surface area contributed by atoms with Gasteiger partial charge in [0.1, 0.15) is 0 Å². The van der Waals surface area contributed by atoms with Gasteiger partial charge in [0, 0.05) is 24.8 Å². The number of carboxylic acids is 1. The van der Waals surface area contributed by atoms with Gasteiger partial charge in [0.15, 0.2) is 5.69 Å². The van der Waals surface area contributed by atoms with Gasteiger partial charge in [-0.25, -0.2) is 14.5 Å². The number of aromatic nitrogens is 4. The van der Waals surface area contributed by atoms with Gasteiger partial charge in [0.2, 0.25) is 5.95 Å². The van der Waals surface area contributed by atoms with Crippen molar-refractivity contribution in [3.05, 3.63) is 39.6 Å². The van der Waals surface area contributed by atoms with Crippen LogP contribution in [0.4, 0.5) is 0 Å². The molecule has 2 rings (SSSR count). The number of carbonyl (C=O) groups is 1. The molecule has 0 aliphatic heterocycles. The van der Waals surface area contributed by atoms with Gasteiger partial charge in [0.25, 0.3) is 5.56 Å². The Kier molecular flexibility index (Phi) is 3.43. The van der Waals surface area contributed by atoms with Gasteiger partial charge in [-0.1, -0.05) is 0 Å². The number of aromatic amines is 1. The van der Waals surface area contributed by atoms with Gasteiger partial charge in [-0.2, -0.15) is 5.10 Å². The molecule has 8 heteroatoms. The summed E-state index contributed by atoms with van der Waals surface area (Å²) >= 11 is 0. The number of aromatic carboxylic acids is 1. The summed E-state index contributed by atoms with van der Waals surface area (Å²) in [6, 6.07) is 1.30. The largest absolute Gasteiger partial charge is 0.476 e. The molecule has 19 heavy (non-hydrogen) atoms. The Morgan fingerprint density at radius 2 is 2.26 bits per heavy atom. The number of H-pyrrole nitrogens is 1. The lowest BCUT2D eigenvalue weighted by Gasteiger charge is -2.05. The van der Waals surface area contributed by atoms with E-state index in [1.54, 1.807) is 6.92 Å². The Balaban J connectivity index is 2.46. The van der Waals surface area contributed by atoms with Gasteiger partial charge in [0.05, 0.1) is 5.69 Å². The van der Waals surface area contributed by atoms with E-state index in [0.29, 0.717) is 11.3 Å². The monoisotopic (exact) mass is 264 g/mol. The number of rotatable bonds is 4. The molecule has 0 radical (unpaired) electrons. The summed E-state index contributed by atoms with van der Waals surface area (Å²) < 4.78 is 1.18. The molecule has 0 aliphatic rings. The fourth-order valence-corrected chi connectivity index (χ4v) is 1.67. The molecule has 0 saturated heterocycles. The Bertz CT molecular complexity index is 674. The van der Waals surface area contributed by atoms with Crippen LogP contribution in [0.3, 0.4) is 0 Å². The first-order chi connectivity index (χ1) is 9.02. The zero-order valence-corrected chi connectivity index (χ0v) is 10.1. The second-order valence-corrected chi connectivity index (χ2v) is 3.88. The molecule has 0 saturated carbocycles. The van der Waals surface area contributed by atoms with Crippen LogP contribution >= 0.6 is 0 Å². The highest BCUT2D eigenvalue weighted by molar-refractivity contribution is 5.85. The molecule has 3 N–H and O–H groups in total. The predicted octanol–water partition coefficient (Wildman–Crippen LogP) is -0.503. The van der Waals surface area contributed by atoms with Crippen LogP contribution in [-0.2, 0) is 6.42 Å². The maximum Gasteiger partial charge on any atom is 0.356 e. The minimum atomic E-state index is -1.16. The third-order valence-corrected chi connectivity index (χ3v) is 2.60. The minimum Gasteiger partial charge on any atom is -0.476 e. The average molecular weight is 264 g/mol. The smallest absolute Gasteiger partial charge is 0.356 e. The fraction of sp³-hybridized carbons (Fsp3) is 0.273. The van der Waals surface area contributed by atoms with Crippen LogP contribution in [0.2, 0.25) is 0 Å². The van der Waals surface area contributed by atoms with Crippen molar-refractivity contribution < 1.29 is 15.0 Å². The Morgan fingerprint density at radius 3 is 2.79 bits per heavy atom. The number of carboxylic acid groups (broad SMARTS) is 1. The van der Waals surface area contributed by atoms with Crippen LogP contribution in [0.15, 0.2) is 17.1 Å². The fourth-order valence-electron chi connectivity index (χ4n) is 1.67. The molecule has 0 bridgehead atoms. The van der Waals surface area contributed by atoms with Gasteiger partial charge < -0.3 is 10.2 Å². The van der Waals surface area contributed by atoms with Gasteiger partial charge in [-0.3, -0.25) is 9.78 Å². The lowest BCUT2D eigenvalue weighted by Crippen LogP contribution is -2.21. The molecule has 8 nitrogen and oxygen atoms in total. The number of aryl methyl sites for hydroxylation is 1. The highest BCUT2D eigenvalue weighted by atomic mass is 16.4. The molecular formula is C11H12N4O4. The summed E-state index contributed by atoms with van der Waals surface area (Å²) in [5.41, 5.74) is 0.362. The maximum absolute atomic E-state index is 11.8. The van der Waals surface area contributed by atoms with E-state index in [9.17, 15) is 9.59 Å². The zero-order chi connectivity index (χ0) is 14.0. The highest BCUT2D eigenvalue weighted by Gasteiger charge is 2.12. The Labute approximate surface area is 107 Å². The summed E-state index contributed by atoms with van der Waals surface area (Å²) in [6.45, 7) is 1.50. The van der Waals surface area contributed by atoms with Crippen molar-refractivity contribution in [1.29, 1.82) is 0 Å². The molecule has 0 atom stereocenters. The van der Waals surface area contributed by atoms with Crippen LogP contribution in [-0.4, -0.2) is 42.5 Å². The predicted molar refractivity (Wildman–Crippen MR) is 64.5 cm³/mol. The number of aliphatic hydroxyl groups is 1. The van der Waals surface area contributed by atoms with Crippen LogP contribution in [0.1, 0.15) is 21.7 Å². The van der Waals surface area contributed by atoms with Crippen LogP contribution < -0.4 is 5.56 Å². The lowest BCUT2D eigenvalue weighted by molar-refractivity contribution is 0.0690. The molecule has 0 amide bonds. The van der Waals surface area contributed by atoms with Crippen molar-refractivity contribution in [3.8, 4) is 5.95 Å². The lowest BCUT2D eigenvalue weighted by atomic mass is 10.2. The first-order valence-corrected chi connectivity index (χ1v) is 5.53. The number of aliphatic hydroxyl groups excluding tert-OH is 1. The van der Waals surface area contributed by atoms with Crippen molar-refractivity contribution in [2.75, 3.05) is 6.61 Å². The van der Waals surface area contributed by atoms with E-state index in [-0.39, 0.29) is 30.2 Å². The van der Waals surface area contributed by atoms with Crippen molar-refractivity contribution in [3.63, 3.8) is 0 Å². The molecule has 0 fully saturated rings. The zero-order valence-electron chi connectivity index (χ0n) is 10.1. The van der Waals surface area contributed by atoms with E-state index < -0.39 is 5.97 Å². The third-order valence-electron chi connectivity index (χ3n) is 2.60. The first-order valence-electron chi connectivity index (χ1n) is 5.53. The van der Waals surface area contributed by atoms with Crippen molar-refractivity contribution in [2.45, 2.75) is 13.3 Å². The minimum absolute atomic E-state index is 0.136. The average Bonchev–Trinajstić information content (AvgIpc) is 2.83. The van der Waals surface area contributed by atoms with E-state index >= 15 is 0 Å². The van der Waals surface area contributed by atoms with Crippen molar-refractivity contribution in [1.82, 2.24) is 19.7 Å². The van der Waals surface area contributed by atoms with E-state index in [0.717, 1.165) is 0 Å². The molecule has 100 valence electrons. The molecule has 0 spiro atoms. The number of hydrogen-bond donors (Lipinski definition) is 3. The van der Waals surface area contributed by atoms with Crippen molar-refractivity contribution >= 4 is 5.97 Å². The number of hydrogen-bond acceptors (Lipinski definition) is 5. The Morgan fingerprint density at radius 1 is 1.53 bits per heavy atom. The molecule has 0 aliphatic carbocycles. The standard InChI is InChI=1S/C11H12N4O4/c1-6-7(3-5-16)9(17)13-11(12-6)15-4-2-8(14-15)10(18)19/h2,4,16H,3,5H2,1H3,(H,18,19)(H,12,13,17). The maximum atomic E-state index is 11.8. The topological polar surface area (TPSA) is 121 Å². The van der Waals surface area contributed by atoms with Gasteiger partial charge in [-0.15, -0.1) is 0 Å². The number of nitrogens with zero attached hydrogens (tertiary/aromatic N) is 3. The summed E-state index contributed by atoms with van der Waals surface area (Å²) in [6.07, 6.45) is 1.61. The molecule has 0 aromatic carbocycles. The van der Waals surface area contributed by atoms with Gasteiger partial charge in [-0.05, 0) is 13.0 Å². The number of nitrogens with one attached hydrogen (secondary N) is 1. The SMILES string of the molecule is Cc1nc(-n2ccc(C(=O)O)n2)[nH]c(=O)c1CCO. The van der Waals surface area contributed by atoms with E-state index in [1.165, 1.54) is 16.9 Å². The summed E-state index contributed by atoms with van der Waals surface area (Å²) in [4.78, 5) is 29.2. The summed E-state index contributed by atoms with van der Waals surface area (Å²) in [5.74, 6) is -1.02. The van der Waals surface area contributed by atoms with Crippen molar-refractivity contribution in [2.24, 2.45) is 0 Å². The van der Waals surface area contributed by atoms with Crippen LogP contribution in [0, 0.1) is 6.92 Å². The quantitative estimate of drug-likeness (QED) is 0.684.